The summed E-state index contributed by atoms with van der Waals surface area (Å²) in [5.74, 6) is -0.389. The number of likely N-dealkylation sites (N-methyl/N-ethyl adjacent to an activating group) is 1. The summed E-state index contributed by atoms with van der Waals surface area (Å²) in [5.41, 5.74) is 6.68. The number of hydrogen-bond acceptors (Lipinski definition) is 3. The molecule has 114 valence electrons. The number of hydrogen-bond donors (Lipinski definition) is 2. The van der Waals surface area contributed by atoms with Crippen molar-refractivity contribution in [1.82, 2.24) is 10.2 Å². The minimum absolute atomic E-state index is 0.0326. The predicted molar refractivity (Wildman–Crippen MR) is 87.2 cm³/mol. The Kier molecular flexibility index (Phi) is 6.30. The molecule has 0 aliphatic carbocycles. The highest BCUT2D eigenvalue weighted by molar-refractivity contribution is 7.80. The zero-order valence-electron chi connectivity index (χ0n) is 12.6. The van der Waals surface area contributed by atoms with Gasteiger partial charge in [-0.15, -0.1) is 0 Å². The molecule has 0 saturated heterocycles. The molecule has 6 heteroatoms. The highest BCUT2D eigenvalue weighted by Gasteiger charge is 2.18. The molecule has 0 aliphatic heterocycles. The number of rotatable bonds is 6. The Morgan fingerprint density at radius 1 is 1.33 bits per heavy atom. The molecule has 0 aliphatic rings. The highest BCUT2D eigenvalue weighted by Crippen LogP contribution is 2.09. The van der Waals surface area contributed by atoms with Crippen molar-refractivity contribution in [3.63, 3.8) is 0 Å². The van der Waals surface area contributed by atoms with Crippen molar-refractivity contribution in [3.05, 3.63) is 35.4 Å². The normalized spacial score (nSPS) is 10.3. The number of benzene rings is 1. The van der Waals surface area contributed by atoms with Gasteiger partial charge in [0.1, 0.15) is 4.99 Å². The number of nitrogens with zero attached hydrogens (tertiary/aromatic N) is 1. The van der Waals surface area contributed by atoms with Gasteiger partial charge >= 0.3 is 0 Å². The van der Waals surface area contributed by atoms with E-state index < -0.39 is 0 Å². The smallest absolute Gasteiger partial charge is 0.254 e. The summed E-state index contributed by atoms with van der Waals surface area (Å²) in [4.78, 5) is 25.9. The fourth-order valence-electron chi connectivity index (χ4n) is 1.86. The van der Waals surface area contributed by atoms with Gasteiger partial charge in [-0.1, -0.05) is 24.4 Å². The summed E-state index contributed by atoms with van der Waals surface area (Å²) in [7, 11) is 0. The maximum atomic E-state index is 12.4. The van der Waals surface area contributed by atoms with Crippen LogP contribution in [0.4, 0.5) is 0 Å². The molecule has 1 aromatic rings. The molecule has 0 fully saturated rings. The molecule has 3 N–H and O–H groups in total. The van der Waals surface area contributed by atoms with Crippen molar-refractivity contribution in [2.24, 2.45) is 5.73 Å². The van der Waals surface area contributed by atoms with Crippen LogP contribution in [-0.4, -0.2) is 40.8 Å². The summed E-state index contributed by atoms with van der Waals surface area (Å²) in [6, 6.07) is 6.86. The Morgan fingerprint density at radius 3 is 2.48 bits per heavy atom. The molecule has 0 aromatic heterocycles. The van der Waals surface area contributed by atoms with Gasteiger partial charge in [-0.25, -0.2) is 0 Å². The number of thiocarbonyl (C=S) groups is 1. The van der Waals surface area contributed by atoms with Crippen molar-refractivity contribution in [3.8, 4) is 0 Å². The molecule has 0 radical (unpaired) electrons. The quantitative estimate of drug-likeness (QED) is 0.777. The number of amides is 2. The number of carbonyl (C=O) groups is 2. The number of nitrogens with two attached hydrogens (primary N) is 1. The predicted octanol–water partition coefficient (Wildman–Crippen LogP) is 1.31. The van der Waals surface area contributed by atoms with Crippen LogP contribution in [0.15, 0.2) is 24.3 Å². The number of carbonyl (C=O) groups excluding carboxylic acids is 2. The first kappa shape index (κ1) is 17.1. The van der Waals surface area contributed by atoms with Gasteiger partial charge in [-0.05, 0) is 32.9 Å². The number of nitrogens with one attached hydrogen (secondary N) is 1. The third-order valence-electron chi connectivity index (χ3n) is 2.85. The van der Waals surface area contributed by atoms with E-state index in [0.29, 0.717) is 17.7 Å². The largest absolute Gasteiger partial charge is 0.389 e. The van der Waals surface area contributed by atoms with E-state index in [-0.39, 0.29) is 29.4 Å². The average Bonchev–Trinajstić information content (AvgIpc) is 2.43. The first-order valence-electron chi connectivity index (χ1n) is 6.83. The maximum Gasteiger partial charge on any atom is 0.254 e. The lowest BCUT2D eigenvalue weighted by Crippen LogP contribution is -2.42. The topological polar surface area (TPSA) is 75.4 Å². The van der Waals surface area contributed by atoms with E-state index in [1.54, 1.807) is 24.3 Å². The average molecular weight is 307 g/mol. The molecule has 0 spiro atoms. The van der Waals surface area contributed by atoms with E-state index in [9.17, 15) is 9.59 Å². The van der Waals surface area contributed by atoms with Gasteiger partial charge in [0.25, 0.3) is 5.91 Å². The Bertz CT molecular complexity index is 543. The zero-order chi connectivity index (χ0) is 16.0. The van der Waals surface area contributed by atoms with Crippen LogP contribution in [0.25, 0.3) is 0 Å². The molecule has 1 rings (SSSR count). The van der Waals surface area contributed by atoms with Crippen LogP contribution >= 0.6 is 12.2 Å². The highest BCUT2D eigenvalue weighted by atomic mass is 32.1. The third-order valence-corrected chi connectivity index (χ3v) is 3.08. The van der Waals surface area contributed by atoms with Crippen LogP contribution in [0, 0.1) is 0 Å². The molecular weight excluding hydrogens is 286 g/mol. The van der Waals surface area contributed by atoms with Crippen LogP contribution in [0.1, 0.15) is 36.7 Å². The summed E-state index contributed by atoms with van der Waals surface area (Å²) < 4.78 is 0. The second kappa shape index (κ2) is 7.73. The second-order valence-corrected chi connectivity index (χ2v) is 5.43. The fraction of sp³-hybridized carbons (Fsp3) is 0.400. The van der Waals surface area contributed by atoms with Gasteiger partial charge in [-0.3, -0.25) is 9.59 Å². The van der Waals surface area contributed by atoms with Crippen molar-refractivity contribution >= 4 is 29.0 Å². The molecule has 0 bridgehead atoms. The molecule has 21 heavy (non-hydrogen) atoms. The van der Waals surface area contributed by atoms with Gasteiger partial charge in [0.2, 0.25) is 5.91 Å². The zero-order valence-corrected chi connectivity index (χ0v) is 13.4. The van der Waals surface area contributed by atoms with Crippen LogP contribution in [0.3, 0.4) is 0 Å². The standard InChI is InChI=1S/C15H21N3O2S/c1-4-18(9-13(19)17-10(2)3)15(20)12-7-5-6-11(8-12)14(16)21/h5-8,10H,4,9H2,1-3H3,(H2,16,21)(H,17,19). The molecule has 0 saturated carbocycles. The van der Waals surface area contributed by atoms with E-state index in [1.807, 2.05) is 20.8 Å². The third kappa shape index (κ3) is 5.15. The summed E-state index contributed by atoms with van der Waals surface area (Å²) >= 11 is 4.91. The van der Waals surface area contributed by atoms with Crippen molar-refractivity contribution < 1.29 is 9.59 Å². The summed E-state index contributed by atoms with van der Waals surface area (Å²) in [6.07, 6.45) is 0. The summed E-state index contributed by atoms with van der Waals surface area (Å²) in [6.45, 7) is 6.06. The monoisotopic (exact) mass is 307 g/mol. The Balaban J connectivity index is 2.86. The SMILES string of the molecule is CCN(CC(=O)NC(C)C)C(=O)c1cccc(C(N)=S)c1. The molecule has 5 nitrogen and oxygen atoms in total. The van der Waals surface area contributed by atoms with Gasteiger partial charge < -0.3 is 16.0 Å². The van der Waals surface area contributed by atoms with Crippen LogP contribution in [-0.2, 0) is 4.79 Å². The van der Waals surface area contributed by atoms with Crippen LogP contribution < -0.4 is 11.1 Å². The van der Waals surface area contributed by atoms with E-state index in [1.165, 1.54) is 4.90 Å². The lowest BCUT2D eigenvalue weighted by molar-refractivity contribution is -0.122. The van der Waals surface area contributed by atoms with E-state index >= 15 is 0 Å². The lowest BCUT2D eigenvalue weighted by atomic mass is 10.1. The van der Waals surface area contributed by atoms with E-state index in [0.717, 1.165) is 0 Å². The minimum atomic E-state index is -0.213. The van der Waals surface area contributed by atoms with Gasteiger partial charge in [0.05, 0.1) is 6.54 Å². The maximum absolute atomic E-state index is 12.4. The first-order valence-corrected chi connectivity index (χ1v) is 7.24. The molecule has 0 heterocycles. The minimum Gasteiger partial charge on any atom is -0.389 e. The van der Waals surface area contributed by atoms with Gasteiger partial charge in [-0.2, -0.15) is 0 Å². The fourth-order valence-corrected chi connectivity index (χ4v) is 1.98. The Labute approximate surface area is 130 Å². The van der Waals surface area contributed by atoms with Crippen molar-refractivity contribution in [2.75, 3.05) is 13.1 Å². The molecule has 0 atom stereocenters. The molecular formula is C15H21N3O2S. The van der Waals surface area contributed by atoms with Gasteiger partial charge in [0, 0.05) is 23.7 Å². The van der Waals surface area contributed by atoms with E-state index in [2.05, 4.69) is 5.32 Å². The molecule has 2 amide bonds. The van der Waals surface area contributed by atoms with Crippen LogP contribution in [0.5, 0.6) is 0 Å². The van der Waals surface area contributed by atoms with Crippen molar-refractivity contribution in [2.45, 2.75) is 26.8 Å². The first-order chi connectivity index (χ1) is 9.85. The molecule has 0 unspecified atom stereocenters. The lowest BCUT2D eigenvalue weighted by Gasteiger charge is -2.21. The van der Waals surface area contributed by atoms with Crippen LogP contribution in [0.2, 0.25) is 0 Å². The van der Waals surface area contributed by atoms with E-state index in [4.69, 9.17) is 18.0 Å². The summed E-state index contributed by atoms with van der Waals surface area (Å²) in [5, 5.41) is 2.77. The van der Waals surface area contributed by atoms with Crippen molar-refractivity contribution in [1.29, 1.82) is 0 Å². The van der Waals surface area contributed by atoms with Gasteiger partial charge in [0.15, 0.2) is 0 Å². The second-order valence-electron chi connectivity index (χ2n) is 4.99. The molecule has 1 aromatic carbocycles. The Morgan fingerprint density at radius 2 is 1.95 bits per heavy atom. The Hall–Kier alpha value is -1.95.